The summed E-state index contributed by atoms with van der Waals surface area (Å²) in [6, 6.07) is 12.2. The summed E-state index contributed by atoms with van der Waals surface area (Å²) in [5, 5.41) is 7.73. The zero-order valence-electron chi connectivity index (χ0n) is 16.2. The van der Waals surface area contributed by atoms with E-state index in [9.17, 15) is 9.59 Å². The van der Waals surface area contributed by atoms with E-state index in [1.165, 1.54) is 11.3 Å². The van der Waals surface area contributed by atoms with Crippen LogP contribution in [0.3, 0.4) is 0 Å². The lowest BCUT2D eigenvalue weighted by Gasteiger charge is -2.14. The Hall–Kier alpha value is -3.32. The minimum atomic E-state index is -0.308. The number of rotatable bonds is 4. The predicted octanol–water partition coefficient (Wildman–Crippen LogP) is 4.86. The molecule has 2 amide bonds. The number of thiophene rings is 1. The first-order valence-electron chi connectivity index (χ1n) is 9.89. The predicted molar refractivity (Wildman–Crippen MR) is 116 cm³/mol. The second-order valence-corrected chi connectivity index (χ2v) is 8.24. The average Bonchev–Trinajstić information content (AvgIpc) is 3.40. The molecule has 152 valence electrons. The molecule has 7 heteroatoms. The molecule has 0 spiro atoms. The van der Waals surface area contributed by atoms with Crippen molar-refractivity contribution in [3.05, 3.63) is 69.4 Å². The van der Waals surface area contributed by atoms with Gasteiger partial charge in [0, 0.05) is 22.0 Å². The van der Waals surface area contributed by atoms with Gasteiger partial charge in [-0.3, -0.25) is 9.59 Å². The summed E-state index contributed by atoms with van der Waals surface area (Å²) in [4.78, 5) is 27.2. The lowest BCUT2D eigenvalue weighted by atomic mass is 9.95. The van der Waals surface area contributed by atoms with E-state index in [1.54, 1.807) is 53.8 Å². The first kappa shape index (κ1) is 18.7. The number of ether oxygens (including phenoxy) is 2. The molecule has 1 aromatic heterocycles. The Bertz CT molecular complexity index is 1140. The standard InChI is InChI=1S/C23H20N2O4S/c26-22(24-14-9-10-19-20(11-14)29-13-28-19)16-6-1-3-7-18(16)25-23(27)17-12-30-21-8-4-2-5-15(17)21/h1,3,6-7,9-12H,2,4-5,8,13H2,(H,24,26)(H,25,27). The minimum absolute atomic E-state index is 0.169. The molecule has 1 aliphatic heterocycles. The molecular formula is C23H20N2O4S. The Kier molecular flexibility index (Phi) is 4.88. The van der Waals surface area contributed by atoms with Gasteiger partial charge in [-0.2, -0.15) is 0 Å². The van der Waals surface area contributed by atoms with Crippen LogP contribution in [-0.2, 0) is 12.8 Å². The number of carbonyl (C=O) groups excluding carboxylic acids is 2. The maximum Gasteiger partial charge on any atom is 0.257 e. The molecule has 6 nitrogen and oxygen atoms in total. The van der Waals surface area contributed by atoms with Crippen LogP contribution in [0, 0.1) is 0 Å². The molecule has 30 heavy (non-hydrogen) atoms. The number of amides is 2. The van der Waals surface area contributed by atoms with Crippen molar-refractivity contribution in [1.29, 1.82) is 0 Å². The summed E-state index contributed by atoms with van der Waals surface area (Å²) in [5.74, 6) is 0.770. The van der Waals surface area contributed by atoms with Crippen molar-refractivity contribution in [2.45, 2.75) is 25.7 Å². The molecule has 0 radical (unpaired) electrons. The molecule has 2 N–H and O–H groups in total. The summed E-state index contributed by atoms with van der Waals surface area (Å²) < 4.78 is 10.7. The Morgan fingerprint density at radius 1 is 0.867 bits per heavy atom. The Morgan fingerprint density at radius 2 is 1.67 bits per heavy atom. The molecule has 1 aliphatic carbocycles. The molecule has 2 aromatic carbocycles. The highest BCUT2D eigenvalue weighted by Gasteiger charge is 2.22. The van der Waals surface area contributed by atoms with E-state index in [2.05, 4.69) is 10.6 Å². The highest BCUT2D eigenvalue weighted by molar-refractivity contribution is 7.10. The molecule has 2 aliphatic rings. The van der Waals surface area contributed by atoms with Crippen LogP contribution in [-0.4, -0.2) is 18.6 Å². The van der Waals surface area contributed by atoms with Crippen molar-refractivity contribution in [2.24, 2.45) is 0 Å². The molecule has 0 saturated carbocycles. The molecule has 0 unspecified atom stereocenters. The number of hydrogen-bond donors (Lipinski definition) is 2. The summed E-state index contributed by atoms with van der Waals surface area (Å²) in [7, 11) is 0. The first-order valence-corrected chi connectivity index (χ1v) is 10.8. The van der Waals surface area contributed by atoms with Crippen molar-refractivity contribution in [3.8, 4) is 11.5 Å². The van der Waals surface area contributed by atoms with E-state index in [1.807, 2.05) is 5.38 Å². The van der Waals surface area contributed by atoms with E-state index in [0.29, 0.717) is 28.4 Å². The van der Waals surface area contributed by atoms with E-state index in [4.69, 9.17) is 9.47 Å². The number of hydrogen-bond acceptors (Lipinski definition) is 5. The van der Waals surface area contributed by atoms with Crippen molar-refractivity contribution in [2.75, 3.05) is 17.4 Å². The van der Waals surface area contributed by atoms with Gasteiger partial charge in [-0.05, 0) is 55.5 Å². The van der Waals surface area contributed by atoms with Gasteiger partial charge < -0.3 is 20.1 Å². The molecule has 0 saturated heterocycles. The molecule has 0 fully saturated rings. The van der Waals surface area contributed by atoms with Crippen LogP contribution in [0.2, 0.25) is 0 Å². The fourth-order valence-corrected chi connectivity index (χ4v) is 4.96. The Labute approximate surface area is 177 Å². The largest absolute Gasteiger partial charge is 0.454 e. The summed E-state index contributed by atoms with van der Waals surface area (Å²) in [5.41, 5.74) is 3.35. The average molecular weight is 420 g/mol. The van der Waals surface area contributed by atoms with Gasteiger partial charge in [0.15, 0.2) is 11.5 Å². The molecule has 5 rings (SSSR count). The highest BCUT2D eigenvalue weighted by atomic mass is 32.1. The number of nitrogens with one attached hydrogen (secondary N) is 2. The van der Waals surface area contributed by atoms with Gasteiger partial charge >= 0.3 is 0 Å². The second kappa shape index (κ2) is 7.84. The van der Waals surface area contributed by atoms with Crippen LogP contribution < -0.4 is 20.1 Å². The molecule has 3 aromatic rings. The smallest absolute Gasteiger partial charge is 0.257 e. The first-order chi connectivity index (χ1) is 14.7. The Morgan fingerprint density at radius 3 is 2.60 bits per heavy atom. The molecule has 0 atom stereocenters. The van der Waals surface area contributed by atoms with Crippen molar-refractivity contribution in [1.82, 2.24) is 0 Å². The molecular weight excluding hydrogens is 400 g/mol. The lowest BCUT2D eigenvalue weighted by molar-refractivity contribution is 0.102. The monoisotopic (exact) mass is 420 g/mol. The van der Waals surface area contributed by atoms with Crippen LogP contribution in [0.4, 0.5) is 11.4 Å². The molecule has 0 bridgehead atoms. The van der Waals surface area contributed by atoms with E-state index in [-0.39, 0.29) is 18.6 Å². The van der Waals surface area contributed by atoms with Gasteiger partial charge in [0.05, 0.1) is 16.8 Å². The highest BCUT2D eigenvalue weighted by Crippen LogP contribution is 2.35. The van der Waals surface area contributed by atoms with Crippen molar-refractivity contribution >= 4 is 34.5 Å². The van der Waals surface area contributed by atoms with Gasteiger partial charge in [-0.25, -0.2) is 0 Å². The van der Waals surface area contributed by atoms with Crippen molar-refractivity contribution in [3.63, 3.8) is 0 Å². The van der Waals surface area contributed by atoms with E-state index >= 15 is 0 Å². The fourth-order valence-electron chi connectivity index (χ4n) is 3.84. The van der Waals surface area contributed by atoms with Crippen LogP contribution in [0.1, 0.15) is 44.0 Å². The third-order valence-electron chi connectivity index (χ3n) is 5.36. The third kappa shape index (κ3) is 3.52. The molecule has 2 heterocycles. The van der Waals surface area contributed by atoms with Gasteiger partial charge in [0.2, 0.25) is 6.79 Å². The third-order valence-corrected chi connectivity index (χ3v) is 6.44. The van der Waals surface area contributed by atoms with Crippen LogP contribution >= 0.6 is 11.3 Å². The normalized spacial score (nSPS) is 14.1. The zero-order valence-corrected chi connectivity index (χ0v) is 17.0. The Balaban J connectivity index is 1.35. The number of fused-ring (bicyclic) bond motifs is 2. The number of para-hydroxylation sites is 1. The number of benzene rings is 2. The SMILES string of the molecule is O=C(Nc1ccc2c(c1)OCO2)c1ccccc1NC(=O)c1csc2c1CCCC2. The zero-order chi connectivity index (χ0) is 20.5. The van der Waals surface area contributed by atoms with Gasteiger partial charge in [0.1, 0.15) is 0 Å². The van der Waals surface area contributed by atoms with E-state index < -0.39 is 0 Å². The maximum absolute atomic E-state index is 12.9. The second-order valence-electron chi connectivity index (χ2n) is 7.28. The number of carbonyl (C=O) groups is 2. The summed E-state index contributed by atoms with van der Waals surface area (Å²) in [6.07, 6.45) is 4.27. The fraction of sp³-hybridized carbons (Fsp3) is 0.217. The maximum atomic E-state index is 12.9. The summed E-state index contributed by atoms with van der Waals surface area (Å²) >= 11 is 1.65. The number of anilines is 2. The van der Waals surface area contributed by atoms with Gasteiger partial charge in [-0.1, -0.05) is 12.1 Å². The van der Waals surface area contributed by atoms with Crippen LogP contribution in [0.15, 0.2) is 47.8 Å². The number of aryl methyl sites for hydroxylation is 1. The van der Waals surface area contributed by atoms with Crippen LogP contribution in [0.5, 0.6) is 11.5 Å². The lowest BCUT2D eigenvalue weighted by Crippen LogP contribution is -2.19. The topological polar surface area (TPSA) is 76.7 Å². The van der Waals surface area contributed by atoms with E-state index in [0.717, 1.165) is 30.4 Å². The van der Waals surface area contributed by atoms with Crippen molar-refractivity contribution < 1.29 is 19.1 Å². The minimum Gasteiger partial charge on any atom is -0.454 e. The van der Waals surface area contributed by atoms with Gasteiger partial charge in [0.25, 0.3) is 11.8 Å². The van der Waals surface area contributed by atoms with Crippen LogP contribution in [0.25, 0.3) is 0 Å². The van der Waals surface area contributed by atoms with Gasteiger partial charge in [-0.15, -0.1) is 11.3 Å². The quantitative estimate of drug-likeness (QED) is 0.632. The summed E-state index contributed by atoms with van der Waals surface area (Å²) in [6.45, 7) is 0.174.